The maximum Gasteiger partial charge on any atom is 0.000515 e. The Labute approximate surface area is 106 Å². The molecule has 1 unspecified atom stereocenters. The summed E-state index contributed by atoms with van der Waals surface area (Å²) < 4.78 is 0. The van der Waals surface area contributed by atoms with Crippen LogP contribution in [0.25, 0.3) is 0 Å². The molecule has 0 N–H and O–H groups in total. The minimum Gasteiger partial charge on any atom is -0.0933 e. The first kappa shape index (κ1) is 13.8. The second-order valence-corrected chi connectivity index (χ2v) is 6.08. The molecule has 1 aliphatic carbocycles. The monoisotopic (exact) mass is 240 g/mol. The Morgan fingerprint density at radius 2 is 2.12 bits per heavy atom. The Bertz CT molecular complexity index is 284. The first-order chi connectivity index (χ1) is 7.47. The molecule has 0 bridgehead atoms. The zero-order chi connectivity index (χ0) is 12.2. The molecule has 0 aromatic carbocycles. The second kappa shape index (κ2) is 5.91. The molecule has 1 rings (SSSR count). The van der Waals surface area contributed by atoms with Gasteiger partial charge in [0.15, 0.2) is 0 Å². The summed E-state index contributed by atoms with van der Waals surface area (Å²) in [6.07, 6.45) is 8.56. The standard InChI is InChI=1S/C15H25Cl/c1-12(9-11-16)7-8-14-13(2)6-5-10-15(14,3)4/h9,11-12H,5-8,10H2,1-4H3/b11-9+. The molecule has 1 atom stereocenters. The van der Waals surface area contributed by atoms with Crippen LogP contribution in [0.15, 0.2) is 22.8 Å². The van der Waals surface area contributed by atoms with Gasteiger partial charge in [-0.2, -0.15) is 0 Å². The highest BCUT2D eigenvalue weighted by molar-refractivity contribution is 6.25. The highest BCUT2D eigenvalue weighted by Crippen LogP contribution is 2.42. The molecule has 0 radical (unpaired) electrons. The maximum absolute atomic E-state index is 5.61. The summed E-state index contributed by atoms with van der Waals surface area (Å²) in [7, 11) is 0. The van der Waals surface area contributed by atoms with Crippen molar-refractivity contribution in [3.05, 3.63) is 22.8 Å². The van der Waals surface area contributed by atoms with E-state index in [0.717, 1.165) is 0 Å². The van der Waals surface area contributed by atoms with Crippen LogP contribution in [-0.2, 0) is 0 Å². The van der Waals surface area contributed by atoms with Crippen LogP contribution in [0.1, 0.15) is 59.8 Å². The third-order valence-corrected chi connectivity index (χ3v) is 4.08. The third kappa shape index (κ3) is 3.66. The van der Waals surface area contributed by atoms with Crippen molar-refractivity contribution in [2.45, 2.75) is 59.8 Å². The molecular formula is C15H25Cl. The Kier molecular flexibility index (Phi) is 5.11. The van der Waals surface area contributed by atoms with E-state index in [4.69, 9.17) is 11.6 Å². The average Bonchev–Trinajstić information content (AvgIpc) is 2.16. The maximum atomic E-state index is 5.61. The van der Waals surface area contributed by atoms with E-state index in [9.17, 15) is 0 Å². The minimum atomic E-state index is 0.423. The first-order valence-electron chi connectivity index (χ1n) is 6.43. The normalized spacial score (nSPS) is 22.8. The van der Waals surface area contributed by atoms with E-state index in [0.29, 0.717) is 11.3 Å². The lowest BCUT2D eigenvalue weighted by Gasteiger charge is -2.35. The third-order valence-electron chi connectivity index (χ3n) is 3.94. The van der Waals surface area contributed by atoms with Crippen LogP contribution >= 0.6 is 11.6 Å². The molecule has 0 aromatic rings. The van der Waals surface area contributed by atoms with Crippen LogP contribution in [-0.4, -0.2) is 0 Å². The average molecular weight is 241 g/mol. The van der Waals surface area contributed by atoms with E-state index < -0.39 is 0 Å². The zero-order valence-corrected chi connectivity index (χ0v) is 11.9. The fraction of sp³-hybridized carbons (Fsp3) is 0.733. The number of rotatable bonds is 4. The van der Waals surface area contributed by atoms with Gasteiger partial charge in [0, 0.05) is 5.54 Å². The minimum absolute atomic E-state index is 0.423. The van der Waals surface area contributed by atoms with Gasteiger partial charge >= 0.3 is 0 Å². The highest BCUT2D eigenvalue weighted by atomic mass is 35.5. The van der Waals surface area contributed by atoms with Crippen molar-refractivity contribution in [1.29, 1.82) is 0 Å². The lowest BCUT2D eigenvalue weighted by molar-refractivity contribution is 0.348. The van der Waals surface area contributed by atoms with Crippen molar-refractivity contribution < 1.29 is 0 Å². The van der Waals surface area contributed by atoms with Crippen molar-refractivity contribution in [3.8, 4) is 0 Å². The molecule has 0 saturated carbocycles. The fourth-order valence-corrected chi connectivity index (χ4v) is 3.07. The zero-order valence-electron chi connectivity index (χ0n) is 11.1. The predicted octanol–water partition coefficient (Wildman–Crippen LogP) is 5.68. The van der Waals surface area contributed by atoms with Crippen molar-refractivity contribution in [2.75, 3.05) is 0 Å². The van der Waals surface area contributed by atoms with Gasteiger partial charge in [0.2, 0.25) is 0 Å². The summed E-state index contributed by atoms with van der Waals surface area (Å²) in [5.74, 6) is 0.593. The van der Waals surface area contributed by atoms with Gasteiger partial charge in [-0.25, -0.2) is 0 Å². The number of allylic oxidation sites excluding steroid dienone is 3. The highest BCUT2D eigenvalue weighted by Gasteiger charge is 2.27. The Morgan fingerprint density at radius 1 is 1.44 bits per heavy atom. The number of hydrogen-bond donors (Lipinski definition) is 0. The van der Waals surface area contributed by atoms with E-state index in [1.54, 1.807) is 16.7 Å². The SMILES string of the molecule is CC1=C(CCC(C)/C=C/Cl)C(C)(C)CCC1. The van der Waals surface area contributed by atoms with Crippen LogP contribution < -0.4 is 0 Å². The summed E-state index contributed by atoms with van der Waals surface area (Å²) >= 11 is 5.61. The van der Waals surface area contributed by atoms with Gasteiger partial charge in [-0.15, -0.1) is 0 Å². The summed E-state index contributed by atoms with van der Waals surface area (Å²) in [6.45, 7) is 9.35. The van der Waals surface area contributed by atoms with Crippen LogP contribution in [0.5, 0.6) is 0 Å². The van der Waals surface area contributed by atoms with E-state index in [1.807, 2.05) is 0 Å². The molecule has 0 amide bonds. The largest absolute Gasteiger partial charge is 0.0933 e. The first-order valence-corrected chi connectivity index (χ1v) is 6.87. The summed E-state index contributed by atoms with van der Waals surface area (Å²) in [5.41, 5.74) is 5.41. The molecule has 92 valence electrons. The van der Waals surface area contributed by atoms with Crippen LogP contribution in [0.4, 0.5) is 0 Å². The Morgan fingerprint density at radius 3 is 2.69 bits per heavy atom. The molecule has 1 aliphatic rings. The van der Waals surface area contributed by atoms with E-state index in [-0.39, 0.29) is 0 Å². The summed E-state index contributed by atoms with van der Waals surface area (Å²) in [5, 5.41) is 0. The van der Waals surface area contributed by atoms with Gasteiger partial charge < -0.3 is 0 Å². The molecule has 0 aromatic heterocycles. The number of hydrogen-bond acceptors (Lipinski definition) is 0. The van der Waals surface area contributed by atoms with Gasteiger partial charge in [0.1, 0.15) is 0 Å². The molecule has 0 saturated heterocycles. The lowest BCUT2D eigenvalue weighted by atomic mass is 9.71. The molecule has 0 aliphatic heterocycles. The van der Waals surface area contributed by atoms with E-state index in [2.05, 4.69) is 33.8 Å². The van der Waals surface area contributed by atoms with Gasteiger partial charge in [0.25, 0.3) is 0 Å². The second-order valence-electron chi connectivity index (χ2n) is 5.83. The quantitative estimate of drug-likeness (QED) is 0.555. The molecule has 16 heavy (non-hydrogen) atoms. The predicted molar refractivity (Wildman–Crippen MR) is 73.7 cm³/mol. The molecular weight excluding hydrogens is 216 g/mol. The molecule has 0 nitrogen and oxygen atoms in total. The topological polar surface area (TPSA) is 0 Å². The van der Waals surface area contributed by atoms with Gasteiger partial charge in [-0.05, 0) is 50.4 Å². The van der Waals surface area contributed by atoms with Gasteiger partial charge in [-0.3, -0.25) is 0 Å². The van der Waals surface area contributed by atoms with Crippen LogP contribution in [0.2, 0.25) is 0 Å². The van der Waals surface area contributed by atoms with Crippen molar-refractivity contribution in [3.63, 3.8) is 0 Å². The van der Waals surface area contributed by atoms with Crippen LogP contribution in [0.3, 0.4) is 0 Å². The van der Waals surface area contributed by atoms with Crippen molar-refractivity contribution in [2.24, 2.45) is 11.3 Å². The lowest BCUT2D eigenvalue weighted by Crippen LogP contribution is -2.20. The Balaban J connectivity index is 2.63. The van der Waals surface area contributed by atoms with Gasteiger partial charge in [-0.1, -0.05) is 49.6 Å². The van der Waals surface area contributed by atoms with Crippen molar-refractivity contribution in [1.82, 2.24) is 0 Å². The molecule has 0 heterocycles. The molecule has 0 spiro atoms. The smallest absolute Gasteiger partial charge is 0.000515 e. The molecule has 1 heteroatoms. The summed E-state index contributed by atoms with van der Waals surface area (Å²) in [6, 6.07) is 0. The summed E-state index contributed by atoms with van der Waals surface area (Å²) in [4.78, 5) is 0. The van der Waals surface area contributed by atoms with Gasteiger partial charge in [0.05, 0.1) is 0 Å². The van der Waals surface area contributed by atoms with E-state index in [1.165, 1.54) is 32.1 Å². The molecule has 0 fully saturated rings. The Hall–Kier alpha value is -0.230. The fourth-order valence-electron chi connectivity index (χ4n) is 2.82. The number of halogens is 1. The van der Waals surface area contributed by atoms with E-state index >= 15 is 0 Å². The van der Waals surface area contributed by atoms with Crippen LogP contribution in [0, 0.1) is 11.3 Å². The van der Waals surface area contributed by atoms with Crippen molar-refractivity contribution >= 4 is 11.6 Å².